The minimum Gasteiger partial charge on any atom is -0.339 e. The van der Waals surface area contributed by atoms with Crippen LogP contribution < -0.4 is 10.6 Å². The van der Waals surface area contributed by atoms with Crippen LogP contribution in [0.25, 0.3) is 0 Å². The van der Waals surface area contributed by atoms with Crippen LogP contribution >= 0.6 is 15.9 Å². The second kappa shape index (κ2) is 6.51. The Morgan fingerprint density at radius 1 is 1.40 bits per heavy atom. The van der Waals surface area contributed by atoms with E-state index in [1.807, 2.05) is 25.1 Å². The maximum Gasteiger partial charge on any atom is 0.319 e. The molecular formula is C13H15BrN4O2. The summed E-state index contributed by atoms with van der Waals surface area (Å²) in [4.78, 5) is 15.8. The first-order valence-corrected chi connectivity index (χ1v) is 6.94. The lowest BCUT2D eigenvalue weighted by atomic mass is 10.2. The van der Waals surface area contributed by atoms with Crippen molar-refractivity contribution in [3.05, 3.63) is 40.0 Å². The first kappa shape index (κ1) is 14.5. The van der Waals surface area contributed by atoms with Gasteiger partial charge in [-0.15, -0.1) is 0 Å². The number of amides is 2. The summed E-state index contributed by atoms with van der Waals surface area (Å²) in [6.07, 6.45) is 0.508. The highest BCUT2D eigenvalue weighted by atomic mass is 79.9. The van der Waals surface area contributed by atoms with Crippen LogP contribution in [0, 0.1) is 13.8 Å². The predicted molar refractivity (Wildman–Crippen MR) is 78.6 cm³/mol. The Morgan fingerprint density at radius 2 is 2.20 bits per heavy atom. The van der Waals surface area contributed by atoms with Gasteiger partial charge in [0.25, 0.3) is 0 Å². The minimum atomic E-state index is -0.261. The molecule has 1 heterocycles. The number of rotatable bonds is 4. The number of urea groups is 1. The van der Waals surface area contributed by atoms with Gasteiger partial charge in [0.15, 0.2) is 5.82 Å². The number of carbonyl (C=O) groups excluding carboxylic acids is 1. The Kier molecular flexibility index (Phi) is 4.73. The molecule has 106 valence electrons. The number of halogens is 1. The lowest BCUT2D eigenvalue weighted by Gasteiger charge is -2.08. The number of nitrogens with one attached hydrogen (secondary N) is 2. The third-order valence-corrected chi connectivity index (χ3v) is 3.50. The lowest BCUT2D eigenvalue weighted by Crippen LogP contribution is -2.30. The van der Waals surface area contributed by atoms with Gasteiger partial charge in [-0.2, -0.15) is 4.98 Å². The molecule has 2 N–H and O–H groups in total. The molecule has 0 saturated heterocycles. The van der Waals surface area contributed by atoms with E-state index in [1.54, 1.807) is 6.92 Å². The average molecular weight is 339 g/mol. The lowest BCUT2D eigenvalue weighted by molar-refractivity contribution is 0.252. The van der Waals surface area contributed by atoms with E-state index in [0.717, 1.165) is 15.7 Å². The van der Waals surface area contributed by atoms with E-state index in [1.165, 1.54) is 0 Å². The highest BCUT2D eigenvalue weighted by molar-refractivity contribution is 9.10. The molecule has 2 rings (SSSR count). The fourth-order valence-electron chi connectivity index (χ4n) is 1.62. The van der Waals surface area contributed by atoms with Gasteiger partial charge in [0, 0.05) is 23.1 Å². The molecule has 0 aliphatic heterocycles. The van der Waals surface area contributed by atoms with Crippen molar-refractivity contribution in [2.45, 2.75) is 20.3 Å². The molecule has 0 bridgehead atoms. The van der Waals surface area contributed by atoms with Crippen LogP contribution in [0.5, 0.6) is 0 Å². The number of nitrogens with zero attached hydrogens (tertiary/aromatic N) is 2. The summed E-state index contributed by atoms with van der Waals surface area (Å²) in [6, 6.07) is 5.36. The fraction of sp³-hybridized carbons (Fsp3) is 0.308. The zero-order chi connectivity index (χ0) is 14.5. The Labute approximate surface area is 125 Å². The third kappa shape index (κ3) is 4.06. The van der Waals surface area contributed by atoms with Gasteiger partial charge >= 0.3 is 6.03 Å². The van der Waals surface area contributed by atoms with Crippen molar-refractivity contribution in [1.29, 1.82) is 0 Å². The molecule has 0 spiro atoms. The first-order chi connectivity index (χ1) is 9.54. The van der Waals surface area contributed by atoms with Crippen LogP contribution in [-0.4, -0.2) is 22.7 Å². The molecule has 0 saturated carbocycles. The van der Waals surface area contributed by atoms with Crippen LogP contribution in [0.15, 0.2) is 27.2 Å². The Bertz CT molecular complexity index is 612. The molecule has 2 amide bonds. The van der Waals surface area contributed by atoms with E-state index in [0.29, 0.717) is 24.7 Å². The van der Waals surface area contributed by atoms with Crippen molar-refractivity contribution in [2.75, 3.05) is 11.9 Å². The number of benzene rings is 1. The summed E-state index contributed by atoms with van der Waals surface area (Å²) in [5.74, 6) is 1.11. The summed E-state index contributed by atoms with van der Waals surface area (Å²) >= 11 is 3.41. The van der Waals surface area contributed by atoms with Crippen molar-refractivity contribution >= 4 is 27.6 Å². The molecule has 0 aliphatic carbocycles. The molecule has 6 nitrogen and oxygen atoms in total. The smallest absolute Gasteiger partial charge is 0.319 e. The maximum atomic E-state index is 11.7. The van der Waals surface area contributed by atoms with Gasteiger partial charge in [0.05, 0.1) is 0 Å². The molecular weight excluding hydrogens is 324 g/mol. The monoisotopic (exact) mass is 338 g/mol. The van der Waals surface area contributed by atoms with Gasteiger partial charge in [-0.05, 0) is 37.6 Å². The topological polar surface area (TPSA) is 80.0 Å². The van der Waals surface area contributed by atoms with Crippen LogP contribution in [0.4, 0.5) is 10.5 Å². The second-order valence-electron chi connectivity index (χ2n) is 4.33. The van der Waals surface area contributed by atoms with Crippen molar-refractivity contribution in [1.82, 2.24) is 15.5 Å². The van der Waals surface area contributed by atoms with Crippen LogP contribution in [0.2, 0.25) is 0 Å². The molecule has 0 fully saturated rings. The largest absolute Gasteiger partial charge is 0.339 e. The van der Waals surface area contributed by atoms with E-state index in [2.05, 4.69) is 36.7 Å². The summed E-state index contributed by atoms with van der Waals surface area (Å²) < 4.78 is 5.96. The van der Waals surface area contributed by atoms with Gasteiger partial charge in [-0.25, -0.2) is 4.79 Å². The summed E-state index contributed by atoms with van der Waals surface area (Å²) in [7, 11) is 0. The summed E-state index contributed by atoms with van der Waals surface area (Å²) in [5, 5.41) is 9.18. The van der Waals surface area contributed by atoms with Crippen LogP contribution in [0.3, 0.4) is 0 Å². The average Bonchev–Trinajstić information content (AvgIpc) is 2.80. The van der Waals surface area contributed by atoms with E-state index in [9.17, 15) is 4.79 Å². The molecule has 0 radical (unpaired) electrons. The van der Waals surface area contributed by atoms with E-state index >= 15 is 0 Å². The fourth-order valence-corrected chi connectivity index (χ4v) is 1.87. The predicted octanol–water partition coefficient (Wildman–Crippen LogP) is 2.81. The van der Waals surface area contributed by atoms with Crippen molar-refractivity contribution < 1.29 is 9.32 Å². The summed E-state index contributed by atoms with van der Waals surface area (Å²) in [5.41, 5.74) is 1.81. The van der Waals surface area contributed by atoms with Gasteiger partial charge in [0.2, 0.25) is 5.89 Å². The van der Waals surface area contributed by atoms with Crippen molar-refractivity contribution in [2.24, 2.45) is 0 Å². The van der Waals surface area contributed by atoms with E-state index in [-0.39, 0.29) is 6.03 Å². The van der Waals surface area contributed by atoms with E-state index < -0.39 is 0 Å². The molecule has 1 aromatic carbocycles. The number of aromatic nitrogens is 2. The third-order valence-electron chi connectivity index (χ3n) is 2.61. The van der Waals surface area contributed by atoms with E-state index in [4.69, 9.17) is 4.52 Å². The number of carbonyl (C=O) groups is 1. The van der Waals surface area contributed by atoms with Gasteiger partial charge in [0.1, 0.15) is 0 Å². The van der Waals surface area contributed by atoms with Crippen molar-refractivity contribution in [3.8, 4) is 0 Å². The number of aryl methyl sites for hydroxylation is 2. The normalized spacial score (nSPS) is 10.3. The standard InChI is InChI=1S/C13H15BrN4O2/c1-8-7-10(3-4-11(8)14)17-13(19)15-6-5-12-16-9(2)18-20-12/h3-4,7H,5-6H2,1-2H3,(H2,15,17,19). The zero-order valence-corrected chi connectivity index (χ0v) is 12.8. The molecule has 2 aromatic rings. The highest BCUT2D eigenvalue weighted by Gasteiger charge is 2.05. The maximum absolute atomic E-state index is 11.7. The van der Waals surface area contributed by atoms with Crippen LogP contribution in [0.1, 0.15) is 17.3 Å². The highest BCUT2D eigenvalue weighted by Crippen LogP contribution is 2.19. The molecule has 7 heteroatoms. The zero-order valence-electron chi connectivity index (χ0n) is 11.2. The molecule has 0 unspecified atom stereocenters. The van der Waals surface area contributed by atoms with Gasteiger partial charge < -0.3 is 15.2 Å². The first-order valence-electron chi connectivity index (χ1n) is 6.15. The molecule has 0 aliphatic rings. The molecule has 0 atom stereocenters. The number of anilines is 1. The Hall–Kier alpha value is -1.89. The van der Waals surface area contributed by atoms with Gasteiger partial charge in [-0.3, -0.25) is 0 Å². The SMILES string of the molecule is Cc1noc(CCNC(=O)Nc2ccc(Br)c(C)c2)n1. The minimum absolute atomic E-state index is 0.261. The quantitative estimate of drug-likeness (QED) is 0.898. The van der Waals surface area contributed by atoms with Crippen molar-refractivity contribution in [3.63, 3.8) is 0 Å². The summed E-state index contributed by atoms with van der Waals surface area (Å²) in [6.45, 7) is 4.15. The number of hydrogen-bond donors (Lipinski definition) is 2. The molecule has 1 aromatic heterocycles. The second-order valence-corrected chi connectivity index (χ2v) is 5.18. The number of hydrogen-bond acceptors (Lipinski definition) is 4. The van der Waals surface area contributed by atoms with Crippen LogP contribution in [-0.2, 0) is 6.42 Å². The Balaban J connectivity index is 1.79. The Morgan fingerprint density at radius 3 is 2.85 bits per heavy atom. The van der Waals surface area contributed by atoms with Gasteiger partial charge in [-0.1, -0.05) is 21.1 Å². The molecule has 20 heavy (non-hydrogen) atoms.